The number of amides is 2. The van der Waals surface area contributed by atoms with E-state index in [1.807, 2.05) is 18.2 Å². The van der Waals surface area contributed by atoms with Crippen molar-refractivity contribution in [3.63, 3.8) is 0 Å². The number of nitrogens with one attached hydrogen (secondary N) is 1. The number of piperidine rings is 1. The van der Waals surface area contributed by atoms with Gasteiger partial charge in [0.25, 0.3) is 0 Å². The maximum Gasteiger partial charge on any atom is 0.421 e. The molecule has 1 unspecified atom stereocenters. The van der Waals surface area contributed by atoms with Gasteiger partial charge in [0.05, 0.1) is 6.61 Å². The van der Waals surface area contributed by atoms with Crippen LogP contribution in [0, 0.1) is 5.92 Å². The van der Waals surface area contributed by atoms with Crippen LogP contribution in [0.15, 0.2) is 48.7 Å². The number of aromatic nitrogens is 1. The third kappa shape index (κ3) is 5.12. The molecule has 1 saturated heterocycles. The Morgan fingerprint density at radius 2 is 2.00 bits per heavy atom. The molecule has 1 fully saturated rings. The summed E-state index contributed by atoms with van der Waals surface area (Å²) in [5, 5.41) is 2.82. The standard InChI is InChI=1S/C19H20F3N3O2/c20-19(21,22)16-9-4-10-23-17(16)27-13-14-6-5-11-25(12-14)18(26)24-15-7-2-1-3-8-15/h1-4,7-10,14H,5-6,11-13H2,(H,24,26). The number of carbonyl (C=O) groups is 1. The zero-order valence-corrected chi connectivity index (χ0v) is 14.6. The van der Waals surface area contributed by atoms with E-state index in [4.69, 9.17) is 4.74 Å². The van der Waals surface area contributed by atoms with Crippen molar-refractivity contribution in [2.24, 2.45) is 5.92 Å². The van der Waals surface area contributed by atoms with Crippen LogP contribution in [0.4, 0.5) is 23.7 Å². The van der Waals surface area contributed by atoms with Crippen molar-refractivity contribution < 1.29 is 22.7 Å². The lowest BCUT2D eigenvalue weighted by molar-refractivity contribution is -0.139. The molecule has 0 spiro atoms. The number of anilines is 1. The van der Waals surface area contributed by atoms with Crippen LogP contribution in [0.2, 0.25) is 0 Å². The number of ether oxygens (including phenoxy) is 1. The molecule has 1 aromatic carbocycles. The summed E-state index contributed by atoms with van der Waals surface area (Å²) in [6.45, 7) is 1.11. The number of hydrogen-bond acceptors (Lipinski definition) is 3. The second-order valence-electron chi connectivity index (χ2n) is 6.42. The van der Waals surface area contributed by atoms with Crippen LogP contribution in [-0.4, -0.2) is 35.6 Å². The molecule has 144 valence electrons. The minimum Gasteiger partial charge on any atom is -0.477 e. The van der Waals surface area contributed by atoms with Crippen LogP contribution in [-0.2, 0) is 6.18 Å². The van der Waals surface area contributed by atoms with Crippen LogP contribution in [0.25, 0.3) is 0 Å². The Bertz CT molecular complexity index is 768. The first-order valence-corrected chi connectivity index (χ1v) is 8.69. The summed E-state index contributed by atoms with van der Waals surface area (Å²) in [5.74, 6) is -0.473. The Kier molecular flexibility index (Phi) is 5.83. The lowest BCUT2D eigenvalue weighted by Gasteiger charge is -2.32. The molecule has 1 aliphatic rings. The normalized spacial score (nSPS) is 17.4. The predicted octanol–water partition coefficient (Wildman–Crippen LogP) is 4.42. The quantitative estimate of drug-likeness (QED) is 0.855. The Morgan fingerprint density at radius 1 is 1.22 bits per heavy atom. The molecular weight excluding hydrogens is 359 g/mol. The fourth-order valence-corrected chi connectivity index (χ4v) is 3.03. The number of likely N-dealkylation sites (tertiary alicyclic amines) is 1. The van der Waals surface area contributed by atoms with Crippen LogP contribution in [0.5, 0.6) is 5.88 Å². The molecule has 3 rings (SSSR count). The van der Waals surface area contributed by atoms with Gasteiger partial charge in [-0.05, 0) is 37.1 Å². The van der Waals surface area contributed by atoms with Crippen LogP contribution >= 0.6 is 0 Å². The smallest absolute Gasteiger partial charge is 0.421 e. The summed E-state index contributed by atoms with van der Waals surface area (Å²) in [6, 6.07) is 11.1. The minimum absolute atomic E-state index is 0.0524. The monoisotopic (exact) mass is 379 g/mol. The summed E-state index contributed by atoms with van der Waals surface area (Å²) in [6.07, 6.45) is -1.70. The van der Waals surface area contributed by atoms with E-state index in [-0.39, 0.29) is 18.6 Å². The Morgan fingerprint density at radius 3 is 2.74 bits per heavy atom. The molecule has 2 amide bonds. The molecule has 0 aliphatic carbocycles. The fraction of sp³-hybridized carbons (Fsp3) is 0.368. The summed E-state index contributed by atoms with van der Waals surface area (Å²) in [7, 11) is 0. The molecule has 1 N–H and O–H groups in total. The molecule has 1 atom stereocenters. The van der Waals surface area contributed by atoms with Gasteiger partial charge in [-0.1, -0.05) is 18.2 Å². The van der Waals surface area contributed by atoms with Crippen molar-refractivity contribution in [3.05, 3.63) is 54.2 Å². The van der Waals surface area contributed by atoms with Crippen molar-refractivity contribution >= 4 is 11.7 Å². The topological polar surface area (TPSA) is 54.5 Å². The number of alkyl halides is 3. The number of hydrogen-bond donors (Lipinski definition) is 1. The Hall–Kier alpha value is -2.77. The maximum atomic E-state index is 13.0. The lowest BCUT2D eigenvalue weighted by Crippen LogP contribution is -2.43. The highest BCUT2D eigenvalue weighted by Crippen LogP contribution is 2.35. The Labute approximate surface area is 155 Å². The van der Waals surface area contributed by atoms with Gasteiger partial charge in [0, 0.05) is 30.9 Å². The van der Waals surface area contributed by atoms with Gasteiger partial charge < -0.3 is 15.0 Å². The number of benzene rings is 1. The highest BCUT2D eigenvalue weighted by Gasteiger charge is 2.35. The van der Waals surface area contributed by atoms with E-state index in [1.54, 1.807) is 17.0 Å². The van der Waals surface area contributed by atoms with Crippen LogP contribution in [0.3, 0.4) is 0 Å². The van der Waals surface area contributed by atoms with Gasteiger partial charge in [-0.2, -0.15) is 13.2 Å². The molecule has 0 bridgehead atoms. The van der Waals surface area contributed by atoms with Crippen molar-refractivity contribution in [1.29, 1.82) is 0 Å². The van der Waals surface area contributed by atoms with E-state index in [2.05, 4.69) is 10.3 Å². The summed E-state index contributed by atoms with van der Waals surface area (Å²) >= 11 is 0. The van der Waals surface area contributed by atoms with Gasteiger partial charge in [-0.25, -0.2) is 9.78 Å². The highest BCUT2D eigenvalue weighted by atomic mass is 19.4. The van der Waals surface area contributed by atoms with E-state index in [0.717, 1.165) is 18.9 Å². The molecule has 1 aliphatic heterocycles. The van der Waals surface area contributed by atoms with Crippen LogP contribution in [0.1, 0.15) is 18.4 Å². The van der Waals surface area contributed by atoms with E-state index in [0.29, 0.717) is 18.8 Å². The van der Waals surface area contributed by atoms with Gasteiger partial charge in [0.15, 0.2) is 0 Å². The van der Waals surface area contributed by atoms with Gasteiger partial charge in [0.2, 0.25) is 5.88 Å². The summed E-state index contributed by atoms with van der Waals surface area (Å²) in [5.41, 5.74) is -0.191. The van der Waals surface area contributed by atoms with E-state index < -0.39 is 17.6 Å². The molecule has 0 saturated carbocycles. The second-order valence-corrected chi connectivity index (χ2v) is 6.42. The van der Waals surface area contributed by atoms with Crippen molar-refractivity contribution in [2.45, 2.75) is 19.0 Å². The zero-order chi connectivity index (χ0) is 19.3. The van der Waals surface area contributed by atoms with Gasteiger partial charge in [-0.15, -0.1) is 0 Å². The van der Waals surface area contributed by atoms with Crippen molar-refractivity contribution in [3.8, 4) is 5.88 Å². The minimum atomic E-state index is -4.52. The molecule has 27 heavy (non-hydrogen) atoms. The van der Waals surface area contributed by atoms with Crippen molar-refractivity contribution in [2.75, 3.05) is 25.0 Å². The number of pyridine rings is 1. The van der Waals surface area contributed by atoms with Crippen LogP contribution < -0.4 is 10.1 Å². The number of carbonyl (C=O) groups excluding carboxylic acids is 1. The number of nitrogens with zero attached hydrogens (tertiary/aromatic N) is 2. The number of rotatable bonds is 4. The SMILES string of the molecule is O=C(Nc1ccccc1)N1CCCC(COc2ncccc2C(F)(F)F)C1. The molecule has 5 nitrogen and oxygen atoms in total. The molecule has 1 aromatic heterocycles. The molecule has 8 heteroatoms. The molecular formula is C19H20F3N3O2. The first-order valence-electron chi connectivity index (χ1n) is 8.69. The third-order valence-electron chi connectivity index (χ3n) is 4.36. The lowest BCUT2D eigenvalue weighted by atomic mass is 9.99. The summed E-state index contributed by atoms with van der Waals surface area (Å²) < 4.78 is 44.4. The first kappa shape index (κ1) is 19.0. The number of urea groups is 1. The fourth-order valence-electron chi connectivity index (χ4n) is 3.03. The van der Waals surface area contributed by atoms with Gasteiger partial charge in [0.1, 0.15) is 5.56 Å². The molecule has 0 radical (unpaired) electrons. The average molecular weight is 379 g/mol. The van der Waals surface area contributed by atoms with E-state index in [9.17, 15) is 18.0 Å². The predicted molar refractivity (Wildman–Crippen MR) is 94.5 cm³/mol. The first-order chi connectivity index (χ1) is 12.9. The number of para-hydroxylation sites is 1. The number of halogens is 3. The largest absolute Gasteiger partial charge is 0.477 e. The van der Waals surface area contributed by atoms with E-state index in [1.165, 1.54) is 12.3 Å². The average Bonchev–Trinajstić information content (AvgIpc) is 2.67. The zero-order valence-electron chi connectivity index (χ0n) is 14.6. The van der Waals surface area contributed by atoms with Gasteiger partial charge >= 0.3 is 12.2 Å². The second kappa shape index (κ2) is 8.28. The third-order valence-corrected chi connectivity index (χ3v) is 4.36. The van der Waals surface area contributed by atoms with Crippen molar-refractivity contribution in [1.82, 2.24) is 9.88 Å². The maximum absolute atomic E-state index is 13.0. The molecule has 2 heterocycles. The van der Waals surface area contributed by atoms with E-state index >= 15 is 0 Å². The molecule has 2 aromatic rings. The highest BCUT2D eigenvalue weighted by molar-refractivity contribution is 5.89. The Balaban J connectivity index is 1.57. The summed E-state index contributed by atoms with van der Waals surface area (Å²) in [4.78, 5) is 17.8. The van der Waals surface area contributed by atoms with Gasteiger partial charge in [-0.3, -0.25) is 0 Å².